The van der Waals surface area contributed by atoms with Gasteiger partial charge in [0.15, 0.2) is 0 Å². The first-order valence-electron chi connectivity index (χ1n) is 7.62. The van der Waals surface area contributed by atoms with Crippen LogP contribution in [0, 0.1) is 0 Å². The first-order valence-corrected chi connectivity index (χ1v) is 8.00. The summed E-state index contributed by atoms with van der Waals surface area (Å²) in [6.45, 7) is 1.33. The molecule has 1 aromatic carbocycles. The van der Waals surface area contributed by atoms with Crippen LogP contribution < -0.4 is 10.6 Å². The maximum atomic E-state index is 11.9. The van der Waals surface area contributed by atoms with Gasteiger partial charge in [0.1, 0.15) is 5.76 Å². The Kier molecular flexibility index (Phi) is 5.33. The topological polar surface area (TPSA) is 63.5 Å². The quantitative estimate of drug-likeness (QED) is 0.852. The number of furan rings is 1. The molecule has 0 saturated carbocycles. The molecule has 1 aliphatic rings. The van der Waals surface area contributed by atoms with Gasteiger partial charge >= 0.3 is 0 Å². The zero-order chi connectivity index (χ0) is 16.1. The predicted molar refractivity (Wildman–Crippen MR) is 87.1 cm³/mol. The summed E-state index contributed by atoms with van der Waals surface area (Å²) in [5, 5.41) is 6.79. The zero-order valence-electron chi connectivity index (χ0n) is 12.6. The molecular weight excluding hydrogens is 316 g/mol. The van der Waals surface area contributed by atoms with Crippen molar-refractivity contribution in [3.63, 3.8) is 0 Å². The first-order chi connectivity index (χ1) is 11.2. The highest BCUT2D eigenvalue weighted by atomic mass is 35.5. The van der Waals surface area contributed by atoms with E-state index in [1.165, 1.54) is 0 Å². The lowest BCUT2D eigenvalue weighted by Crippen LogP contribution is -2.40. The van der Waals surface area contributed by atoms with Crippen LogP contribution in [0.25, 0.3) is 0 Å². The standard InChI is InChI=1S/C17H19ClN2O3/c18-13-5-3-12(4-6-13)17-15(7-9-23-17)19-11-16(21)20-10-14-2-1-8-22-14/h1-6,8,15,17,19H,7,9-11H2,(H,20,21)/t15-,17+/m0/s1. The zero-order valence-corrected chi connectivity index (χ0v) is 13.4. The average Bonchev–Trinajstić information content (AvgIpc) is 3.23. The number of carbonyl (C=O) groups excluding carboxylic acids is 1. The molecule has 1 saturated heterocycles. The lowest BCUT2D eigenvalue weighted by Gasteiger charge is -2.20. The first kappa shape index (κ1) is 16.1. The Morgan fingerprint density at radius 1 is 1.26 bits per heavy atom. The van der Waals surface area contributed by atoms with E-state index in [0.29, 0.717) is 18.2 Å². The molecule has 0 bridgehead atoms. The van der Waals surface area contributed by atoms with Crippen LogP contribution in [0.15, 0.2) is 47.1 Å². The lowest BCUT2D eigenvalue weighted by molar-refractivity contribution is -0.120. The Bertz CT molecular complexity index is 628. The Morgan fingerprint density at radius 2 is 2.09 bits per heavy atom. The van der Waals surface area contributed by atoms with E-state index in [1.807, 2.05) is 30.3 Å². The number of rotatable bonds is 6. The number of amides is 1. The molecule has 1 aliphatic heterocycles. The van der Waals surface area contributed by atoms with Crippen molar-refractivity contribution in [2.45, 2.75) is 25.1 Å². The summed E-state index contributed by atoms with van der Waals surface area (Å²) in [5.74, 6) is 0.671. The van der Waals surface area contributed by atoms with E-state index in [-0.39, 0.29) is 24.6 Å². The number of hydrogen-bond donors (Lipinski definition) is 2. The van der Waals surface area contributed by atoms with Crippen LogP contribution in [0.4, 0.5) is 0 Å². The Balaban J connectivity index is 1.48. The van der Waals surface area contributed by atoms with Gasteiger partial charge in [0, 0.05) is 17.7 Å². The third-order valence-electron chi connectivity index (χ3n) is 3.85. The van der Waals surface area contributed by atoms with Crippen molar-refractivity contribution in [2.24, 2.45) is 0 Å². The summed E-state index contributed by atoms with van der Waals surface area (Å²) in [7, 11) is 0. The van der Waals surface area contributed by atoms with Gasteiger partial charge in [0.2, 0.25) is 5.91 Å². The largest absolute Gasteiger partial charge is 0.467 e. The van der Waals surface area contributed by atoms with Gasteiger partial charge in [-0.2, -0.15) is 0 Å². The fraction of sp³-hybridized carbons (Fsp3) is 0.353. The van der Waals surface area contributed by atoms with Crippen LogP contribution in [0.5, 0.6) is 0 Å². The molecule has 3 rings (SSSR count). The highest BCUT2D eigenvalue weighted by Crippen LogP contribution is 2.29. The molecular formula is C17H19ClN2O3. The molecule has 0 unspecified atom stereocenters. The molecule has 2 N–H and O–H groups in total. The molecule has 122 valence electrons. The van der Waals surface area contributed by atoms with Crippen molar-refractivity contribution in [3.05, 3.63) is 59.0 Å². The molecule has 0 radical (unpaired) electrons. The van der Waals surface area contributed by atoms with Gasteiger partial charge in [-0.15, -0.1) is 0 Å². The summed E-state index contributed by atoms with van der Waals surface area (Å²) in [4.78, 5) is 11.9. The summed E-state index contributed by atoms with van der Waals surface area (Å²) in [6, 6.07) is 11.4. The van der Waals surface area contributed by atoms with Crippen molar-refractivity contribution < 1.29 is 13.9 Å². The fourth-order valence-corrected chi connectivity index (χ4v) is 2.79. The van der Waals surface area contributed by atoms with E-state index in [1.54, 1.807) is 12.3 Å². The van der Waals surface area contributed by atoms with Crippen LogP contribution in [0.1, 0.15) is 23.8 Å². The number of halogens is 1. The lowest BCUT2D eigenvalue weighted by atomic mass is 10.0. The SMILES string of the molecule is O=C(CN[C@H]1CCO[C@@H]1c1ccc(Cl)cc1)NCc1ccco1. The molecule has 0 spiro atoms. The normalized spacial score (nSPS) is 20.6. The van der Waals surface area contributed by atoms with E-state index in [2.05, 4.69) is 10.6 Å². The molecule has 1 amide bonds. The molecule has 23 heavy (non-hydrogen) atoms. The Labute approximate surface area is 140 Å². The van der Waals surface area contributed by atoms with Crippen LogP contribution in [0.3, 0.4) is 0 Å². The Morgan fingerprint density at radius 3 is 2.83 bits per heavy atom. The van der Waals surface area contributed by atoms with Crippen LogP contribution >= 0.6 is 11.6 Å². The molecule has 6 heteroatoms. The summed E-state index contributed by atoms with van der Waals surface area (Å²) in [5.41, 5.74) is 1.07. The smallest absolute Gasteiger partial charge is 0.234 e. The van der Waals surface area contributed by atoms with Gasteiger partial charge in [0.05, 0.1) is 25.5 Å². The minimum Gasteiger partial charge on any atom is -0.467 e. The van der Waals surface area contributed by atoms with E-state index in [0.717, 1.165) is 17.7 Å². The molecule has 1 aromatic heterocycles. The summed E-state index contributed by atoms with van der Waals surface area (Å²) < 4.78 is 11.0. The summed E-state index contributed by atoms with van der Waals surface area (Å²) >= 11 is 5.92. The second kappa shape index (κ2) is 7.64. The number of nitrogens with one attached hydrogen (secondary N) is 2. The minimum absolute atomic E-state index is 0.0508. The molecule has 1 fully saturated rings. The van der Waals surface area contributed by atoms with Gasteiger partial charge in [-0.05, 0) is 36.2 Å². The van der Waals surface area contributed by atoms with E-state index in [4.69, 9.17) is 20.8 Å². The monoisotopic (exact) mass is 334 g/mol. The molecule has 0 aliphatic carbocycles. The molecule has 2 atom stereocenters. The minimum atomic E-state index is -0.0665. The number of hydrogen-bond acceptors (Lipinski definition) is 4. The number of benzene rings is 1. The van der Waals surface area contributed by atoms with Crippen molar-refractivity contribution in [1.29, 1.82) is 0 Å². The van der Waals surface area contributed by atoms with Crippen molar-refractivity contribution in [2.75, 3.05) is 13.2 Å². The van der Waals surface area contributed by atoms with Gasteiger partial charge in [-0.3, -0.25) is 4.79 Å². The number of carbonyl (C=O) groups is 1. The second-order valence-corrected chi connectivity index (χ2v) is 5.91. The van der Waals surface area contributed by atoms with Gasteiger partial charge in [-0.25, -0.2) is 0 Å². The molecule has 5 nitrogen and oxygen atoms in total. The molecule has 2 heterocycles. The predicted octanol–water partition coefficient (Wildman–Crippen LogP) is 2.67. The van der Waals surface area contributed by atoms with Crippen molar-refractivity contribution in [1.82, 2.24) is 10.6 Å². The van der Waals surface area contributed by atoms with Crippen molar-refractivity contribution in [3.8, 4) is 0 Å². The van der Waals surface area contributed by atoms with Crippen LogP contribution in [-0.4, -0.2) is 25.1 Å². The summed E-state index contributed by atoms with van der Waals surface area (Å²) in [6.07, 6.45) is 2.41. The maximum absolute atomic E-state index is 11.9. The van der Waals surface area contributed by atoms with Crippen molar-refractivity contribution >= 4 is 17.5 Å². The Hall–Kier alpha value is -1.82. The maximum Gasteiger partial charge on any atom is 0.234 e. The average molecular weight is 335 g/mol. The molecule has 2 aromatic rings. The highest BCUT2D eigenvalue weighted by Gasteiger charge is 2.29. The van der Waals surface area contributed by atoms with Crippen LogP contribution in [-0.2, 0) is 16.1 Å². The second-order valence-electron chi connectivity index (χ2n) is 5.48. The van der Waals surface area contributed by atoms with Crippen LogP contribution in [0.2, 0.25) is 5.02 Å². The van der Waals surface area contributed by atoms with E-state index >= 15 is 0 Å². The van der Waals surface area contributed by atoms with E-state index < -0.39 is 0 Å². The number of ether oxygens (including phenoxy) is 1. The third kappa shape index (κ3) is 4.34. The van der Waals surface area contributed by atoms with Gasteiger partial charge < -0.3 is 19.8 Å². The highest BCUT2D eigenvalue weighted by molar-refractivity contribution is 6.30. The van der Waals surface area contributed by atoms with Gasteiger partial charge in [0.25, 0.3) is 0 Å². The third-order valence-corrected chi connectivity index (χ3v) is 4.11. The fourth-order valence-electron chi connectivity index (χ4n) is 2.66. The van der Waals surface area contributed by atoms with E-state index in [9.17, 15) is 4.79 Å². The van der Waals surface area contributed by atoms with Gasteiger partial charge in [-0.1, -0.05) is 23.7 Å².